The van der Waals surface area contributed by atoms with Gasteiger partial charge >= 0.3 is 0 Å². The maximum atomic E-state index is 13.4. The van der Waals surface area contributed by atoms with Gasteiger partial charge in [-0.1, -0.05) is 24.3 Å². The topological polar surface area (TPSA) is 130 Å². The number of nitrogens with zero attached hydrogens (tertiary/aromatic N) is 6. The van der Waals surface area contributed by atoms with Crippen molar-refractivity contribution in [1.29, 1.82) is 0 Å². The fraction of sp³-hybridized carbons (Fsp3) is 0.333. The number of aromatic nitrogens is 5. The molecule has 0 radical (unpaired) electrons. The van der Waals surface area contributed by atoms with E-state index in [1.165, 1.54) is 7.11 Å². The molecule has 0 saturated carbocycles. The molecule has 3 N–H and O–H groups in total. The third kappa shape index (κ3) is 6.01. The standard InChI is InChI=1S/C33H39N7O4/c1-7-39(15-16-41)32(42)25-18-23(11-12-26(25)44-6)29-21(2)37-40-28(19-27(33(3,4)43)36-31(29)40)35-20-22-9-8-10-24(17-22)30-34-13-14-38(30)5/h8-14,17-19,35,41,43H,7,15-16,20H2,1-6H3. The number of nitrogens with one attached hydrogen (secondary N) is 1. The Kier molecular flexibility index (Phi) is 8.70. The fourth-order valence-electron chi connectivity index (χ4n) is 5.28. The molecule has 44 heavy (non-hydrogen) atoms. The molecule has 0 bridgehead atoms. The van der Waals surface area contributed by atoms with Crippen molar-refractivity contribution in [3.05, 3.63) is 83.4 Å². The van der Waals surface area contributed by atoms with Crippen LogP contribution in [0, 0.1) is 6.92 Å². The summed E-state index contributed by atoms with van der Waals surface area (Å²) >= 11 is 0. The minimum atomic E-state index is -1.22. The second-order valence-electron chi connectivity index (χ2n) is 11.2. The lowest BCUT2D eigenvalue weighted by atomic mass is 10.0. The lowest BCUT2D eigenvalue weighted by Crippen LogP contribution is -2.33. The van der Waals surface area contributed by atoms with Crippen LogP contribution in [0.15, 0.2) is 60.9 Å². The summed E-state index contributed by atoms with van der Waals surface area (Å²) in [7, 11) is 3.49. The van der Waals surface area contributed by atoms with Crippen molar-refractivity contribution < 1.29 is 19.7 Å². The van der Waals surface area contributed by atoms with Gasteiger partial charge < -0.3 is 29.7 Å². The van der Waals surface area contributed by atoms with Crippen LogP contribution in [0.4, 0.5) is 5.82 Å². The highest BCUT2D eigenvalue weighted by atomic mass is 16.5. The van der Waals surface area contributed by atoms with E-state index in [1.54, 1.807) is 41.6 Å². The molecule has 1 amide bonds. The van der Waals surface area contributed by atoms with Crippen molar-refractivity contribution in [1.82, 2.24) is 29.0 Å². The van der Waals surface area contributed by atoms with Gasteiger partial charge in [0.15, 0.2) is 5.65 Å². The van der Waals surface area contributed by atoms with Crippen LogP contribution in [0.2, 0.25) is 0 Å². The van der Waals surface area contributed by atoms with Gasteiger partial charge in [0.05, 0.1) is 30.7 Å². The first-order chi connectivity index (χ1) is 21.0. The van der Waals surface area contributed by atoms with E-state index < -0.39 is 5.60 Å². The summed E-state index contributed by atoms with van der Waals surface area (Å²) in [6.07, 6.45) is 3.70. The van der Waals surface area contributed by atoms with E-state index >= 15 is 0 Å². The minimum Gasteiger partial charge on any atom is -0.496 e. The third-order valence-corrected chi connectivity index (χ3v) is 7.63. The molecule has 0 aliphatic rings. The molecule has 11 heteroatoms. The maximum Gasteiger partial charge on any atom is 0.257 e. The molecule has 230 valence electrons. The lowest BCUT2D eigenvalue weighted by Gasteiger charge is -2.21. The van der Waals surface area contributed by atoms with E-state index in [-0.39, 0.29) is 19.1 Å². The summed E-state index contributed by atoms with van der Waals surface area (Å²) in [6.45, 7) is 8.16. The Bertz CT molecular complexity index is 1800. The Labute approximate surface area is 256 Å². The van der Waals surface area contributed by atoms with Gasteiger partial charge in [-0.25, -0.2) is 9.97 Å². The van der Waals surface area contributed by atoms with Gasteiger partial charge in [-0.3, -0.25) is 4.79 Å². The van der Waals surface area contributed by atoms with Gasteiger partial charge in [0.1, 0.15) is 23.0 Å². The van der Waals surface area contributed by atoms with Gasteiger partial charge in [-0.15, -0.1) is 0 Å². The van der Waals surface area contributed by atoms with Gasteiger partial charge in [-0.05, 0) is 57.0 Å². The van der Waals surface area contributed by atoms with Crippen LogP contribution in [0.1, 0.15) is 48.1 Å². The average molecular weight is 598 g/mol. The molecule has 0 aliphatic heterocycles. The van der Waals surface area contributed by atoms with Crippen molar-refractivity contribution >= 4 is 17.4 Å². The minimum absolute atomic E-state index is 0.137. The Hall–Kier alpha value is -4.74. The van der Waals surface area contributed by atoms with Gasteiger partial charge in [-0.2, -0.15) is 9.61 Å². The zero-order valence-corrected chi connectivity index (χ0v) is 26.0. The number of carbonyl (C=O) groups excluding carboxylic acids is 1. The number of ether oxygens (including phenoxy) is 1. The highest BCUT2D eigenvalue weighted by Gasteiger charge is 2.25. The Morgan fingerprint density at radius 2 is 1.93 bits per heavy atom. The van der Waals surface area contributed by atoms with E-state index in [4.69, 9.17) is 14.8 Å². The zero-order chi connectivity index (χ0) is 31.6. The normalized spacial score (nSPS) is 11.6. The van der Waals surface area contributed by atoms with E-state index in [1.807, 2.05) is 62.0 Å². The molecule has 0 spiro atoms. The van der Waals surface area contributed by atoms with E-state index in [0.717, 1.165) is 28.1 Å². The lowest BCUT2D eigenvalue weighted by molar-refractivity contribution is 0.0726. The van der Waals surface area contributed by atoms with Crippen LogP contribution in [0.5, 0.6) is 5.75 Å². The third-order valence-electron chi connectivity index (χ3n) is 7.63. The number of benzene rings is 2. The number of carbonyl (C=O) groups is 1. The van der Waals surface area contributed by atoms with Crippen LogP contribution in [-0.2, 0) is 19.2 Å². The van der Waals surface area contributed by atoms with Gasteiger partial charge in [0.25, 0.3) is 5.91 Å². The molecule has 3 heterocycles. The fourth-order valence-corrected chi connectivity index (χ4v) is 5.28. The smallest absolute Gasteiger partial charge is 0.257 e. The summed E-state index contributed by atoms with van der Waals surface area (Å²) < 4.78 is 9.24. The predicted octanol–water partition coefficient (Wildman–Crippen LogP) is 4.41. The molecule has 11 nitrogen and oxygen atoms in total. The number of amides is 1. The number of hydrogen-bond acceptors (Lipinski definition) is 8. The maximum absolute atomic E-state index is 13.4. The van der Waals surface area contributed by atoms with Crippen molar-refractivity contribution in [3.8, 4) is 28.3 Å². The number of aliphatic hydroxyl groups excluding tert-OH is 1. The first-order valence-corrected chi connectivity index (χ1v) is 14.6. The monoisotopic (exact) mass is 597 g/mol. The highest BCUT2D eigenvalue weighted by molar-refractivity contribution is 5.99. The quantitative estimate of drug-likeness (QED) is 0.204. The molecule has 0 saturated heterocycles. The Morgan fingerprint density at radius 3 is 2.59 bits per heavy atom. The number of methoxy groups -OCH3 is 1. The predicted molar refractivity (Wildman–Crippen MR) is 170 cm³/mol. The van der Waals surface area contributed by atoms with E-state index in [9.17, 15) is 15.0 Å². The summed E-state index contributed by atoms with van der Waals surface area (Å²) in [6, 6.07) is 15.4. The van der Waals surface area contributed by atoms with Crippen LogP contribution < -0.4 is 10.1 Å². The Morgan fingerprint density at radius 1 is 1.14 bits per heavy atom. The van der Waals surface area contributed by atoms with Crippen molar-refractivity contribution in [2.45, 2.75) is 39.8 Å². The number of likely N-dealkylation sites (N-methyl/N-ethyl adjacent to an activating group) is 1. The van der Waals surface area contributed by atoms with Crippen LogP contribution in [0.3, 0.4) is 0 Å². The molecular weight excluding hydrogens is 558 g/mol. The number of fused-ring (bicyclic) bond motifs is 1. The molecule has 0 unspecified atom stereocenters. The number of rotatable bonds is 11. The van der Waals surface area contributed by atoms with Gasteiger partial charge in [0.2, 0.25) is 0 Å². The van der Waals surface area contributed by atoms with Gasteiger partial charge in [0, 0.05) is 56.3 Å². The number of anilines is 1. The average Bonchev–Trinajstić information content (AvgIpc) is 3.59. The molecule has 0 atom stereocenters. The van der Waals surface area contributed by atoms with Crippen molar-refractivity contribution in [2.75, 3.05) is 32.1 Å². The molecule has 2 aromatic carbocycles. The number of imidazole rings is 1. The first-order valence-electron chi connectivity index (χ1n) is 14.6. The Balaban J connectivity index is 1.58. The second-order valence-corrected chi connectivity index (χ2v) is 11.2. The molecule has 5 aromatic rings. The zero-order valence-electron chi connectivity index (χ0n) is 26.0. The van der Waals surface area contributed by atoms with Crippen LogP contribution in [-0.4, -0.2) is 72.0 Å². The van der Waals surface area contributed by atoms with Crippen molar-refractivity contribution in [2.24, 2.45) is 7.05 Å². The summed E-state index contributed by atoms with van der Waals surface area (Å²) in [4.78, 5) is 24.3. The highest BCUT2D eigenvalue weighted by Crippen LogP contribution is 2.34. The molecule has 5 rings (SSSR count). The second kappa shape index (κ2) is 12.5. The largest absolute Gasteiger partial charge is 0.496 e. The SMILES string of the molecule is CCN(CCO)C(=O)c1cc(-c2c(C)nn3c(NCc4cccc(-c5nccn5C)c4)cc(C(C)(C)O)nc23)ccc1OC. The molecule has 3 aromatic heterocycles. The molecular formula is C33H39N7O4. The number of aryl methyl sites for hydroxylation is 2. The summed E-state index contributed by atoms with van der Waals surface area (Å²) in [5.41, 5.74) is 4.40. The van der Waals surface area contributed by atoms with E-state index in [0.29, 0.717) is 47.3 Å². The number of aliphatic hydroxyl groups is 2. The summed E-state index contributed by atoms with van der Waals surface area (Å²) in [5.74, 6) is 1.73. The van der Waals surface area contributed by atoms with Crippen LogP contribution >= 0.6 is 0 Å². The number of hydrogen-bond donors (Lipinski definition) is 3. The van der Waals surface area contributed by atoms with Crippen LogP contribution in [0.25, 0.3) is 28.2 Å². The van der Waals surface area contributed by atoms with E-state index in [2.05, 4.69) is 16.4 Å². The first kappa shape index (κ1) is 30.7. The summed E-state index contributed by atoms with van der Waals surface area (Å²) in [5, 5.41) is 28.8. The van der Waals surface area contributed by atoms with Crippen molar-refractivity contribution in [3.63, 3.8) is 0 Å². The molecule has 0 aliphatic carbocycles. The molecule has 0 fully saturated rings.